The number of aliphatic hydroxyl groups is 1. The first-order valence-electron chi connectivity index (χ1n) is 7.99. The predicted molar refractivity (Wildman–Crippen MR) is 86.7 cm³/mol. The molecule has 0 aromatic heterocycles. The third-order valence-electron chi connectivity index (χ3n) is 3.94. The second-order valence-corrected chi connectivity index (χ2v) is 7.19. The second-order valence-electron chi connectivity index (χ2n) is 7.19. The molecule has 0 saturated carbocycles. The molecule has 4 nitrogen and oxygen atoms in total. The highest BCUT2D eigenvalue weighted by Crippen LogP contribution is 2.30. The van der Waals surface area contributed by atoms with Crippen LogP contribution >= 0.6 is 0 Å². The number of likely N-dealkylation sites (tertiary alicyclic amines) is 1. The molecule has 1 aliphatic heterocycles. The van der Waals surface area contributed by atoms with E-state index < -0.39 is 11.7 Å². The lowest BCUT2D eigenvalue weighted by molar-refractivity contribution is 0.00238. The molecule has 1 aromatic rings. The summed E-state index contributed by atoms with van der Waals surface area (Å²) in [5.74, 6) is 0.0584. The highest BCUT2D eigenvalue weighted by atomic mass is 16.6. The molecule has 22 heavy (non-hydrogen) atoms. The lowest BCUT2D eigenvalue weighted by atomic mass is 9.88. The van der Waals surface area contributed by atoms with Crippen molar-refractivity contribution in [3.05, 3.63) is 35.4 Å². The van der Waals surface area contributed by atoms with Gasteiger partial charge in [0.05, 0.1) is 6.10 Å². The Hall–Kier alpha value is -1.55. The van der Waals surface area contributed by atoms with E-state index in [2.05, 4.69) is 0 Å². The first kappa shape index (κ1) is 16.8. The molecule has 0 spiro atoms. The first-order valence-corrected chi connectivity index (χ1v) is 7.99. The third kappa shape index (κ3) is 4.47. The first-order chi connectivity index (χ1) is 10.3. The molecule has 122 valence electrons. The highest BCUT2D eigenvalue weighted by molar-refractivity contribution is 5.68. The summed E-state index contributed by atoms with van der Waals surface area (Å²) in [6, 6.07) is 7.94. The Morgan fingerprint density at radius 1 is 1.41 bits per heavy atom. The van der Waals surface area contributed by atoms with Gasteiger partial charge in [-0.15, -0.1) is 0 Å². The molecule has 2 rings (SSSR count). The van der Waals surface area contributed by atoms with Crippen LogP contribution in [-0.2, 0) is 4.74 Å². The van der Waals surface area contributed by atoms with Crippen LogP contribution in [0.1, 0.15) is 50.8 Å². The van der Waals surface area contributed by atoms with Gasteiger partial charge >= 0.3 is 6.09 Å². The van der Waals surface area contributed by atoms with Gasteiger partial charge in [0.15, 0.2) is 0 Å². The molecule has 4 heteroatoms. The van der Waals surface area contributed by atoms with Crippen molar-refractivity contribution in [2.24, 2.45) is 5.92 Å². The van der Waals surface area contributed by atoms with E-state index in [1.54, 1.807) is 4.90 Å². The van der Waals surface area contributed by atoms with Gasteiger partial charge in [-0.3, -0.25) is 0 Å². The van der Waals surface area contributed by atoms with Crippen LogP contribution in [0.15, 0.2) is 24.3 Å². The smallest absolute Gasteiger partial charge is 0.410 e. The number of aliphatic hydroxyl groups excluding tert-OH is 1. The number of carbonyl (C=O) groups is 1. The molecule has 1 heterocycles. The lowest BCUT2D eigenvalue weighted by Crippen LogP contribution is -2.44. The van der Waals surface area contributed by atoms with Gasteiger partial charge in [-0.25, -0.2) is 4.79 Å². The summed E-state index contributed by atoms with van der Waals surface area (Å²) in [6.45, 7) is 8.87. The molecule has 1 saturated heterocycles. The van der Waals surface area contributed by atoms with E-state index >= 15 is 0 Å². The van der Waals surface area contributed by atoms with Crippen LogP contribution in [-0.4, -0.2) is 34.8 Å². The fraction of sp³-hybridized carbons (Fsp3) is 0.611. The zero-order valence-electron chi connectivity index (χ0n) is 14.0. The van der Waals surface area contributed by atoms with Crippen molar-refractivity contribution in [3.63, 3.8) is 0 Å². The van der Waals surface area contributed by atoms with Crippen LogP contribution in [0.25, 0.3) is 0 Å². The SMILES string of the molecule is Cc1cccc([C@H](O)[C@H]2CCCN(C(=O)OC(C)(C)C)C2)c1. The Balaban J connectivity index is 2.02. The Kier molecular flexibility index (Phi) is 5.12. The zero-order chi connectivity index (χ0) is 16.3. The number of amides is 1. The summed E-state index contributed by atoms with van der Waals surface area (Å²) in [5.41, 5.74) is 1.58. The second kappa shape index (κ2) is 6.69. The Bertz CT molecular complexity index is 521. The molecular weight excluding hydrogens is 278 g/mol. The van der Waals surface area contributed by atoms with Crippen molar-refractivity contribution in [2.75, 3.05) is 13.1 Å². The fourth-order valence-corrected chi connectivity index (χ4v) is 2.89. The van der Waals surface area contributed by atoms with E-state index in [0.717, 1.165) is 24.0 Å². The van der Waals surface area contributed by atoms with Gasteiger partial charge in [-0.2, -0.15) is 0 Å². The van der Waals surface area contributed by atoms with Gasteiger partial charge in [0.25, 0.3) is 0 Å². The minimum Gasteiger partial charge on any atom is -0.444 e. The number of hydrogen-bond acceptors (Lipinski definition) is 3. The topological polar surface area (TPSA) is 49.8 Å². The number of carbonyl (C=O) groups excluding carboxylic acids is 1. The van der Waals surface area contributed by atoms with Crippen LogP contribution < -0.4 is 0 Å². The van der Waals surface area contributed by atoms with Gasteiger partial charge < -0.3 is 14.7 Å². The van der Waals surface area contributed by atoms with Crippen LogP contribution in [0.3, 0.4) is 0 Å². The van der Waals surface area contributed by atoms with Gasteiger partial charge in [-0.05, 0) is 46.1 Å². The molecule has 0 radical (unpaired) electrons. The molecule has 1 amide bonds. The van der Waals surface area contributed by atoms with Crippen molar-refractivity contribution >= 4 is 6.09 Å². The summed E-state index contributed by atoms with van der Waals surface area (Å²) >= 11 is 0. The van der Waals surface area contributed by atoms with Crippen LogP contribution in [0.5, 0.6) is 0 Å². The summed E-state index contributed by atoms with van der Waals surface area (Å²) in [6.07, 6.45) is 1.00. The van der Waals surface area contributed by atoms with E-state index in [1.807, 2.05) is 52.0 Å². The van der Waals surface area contributed by atoms with Gasteiger partial charge in [-0.1, -0.05) is 29.8 Å². The summed E-state index contributed by atoms with van der Waals surface area (Å²) in [7, 11) is 0. The van der Waals surface area contributed by atoms with Gasteiger partial charge in [0.2, 0.25) is 0 Å². The van der Waals surface area contributed by atoms with Crippen LogP contribution in [0, 0.1) is 12.8 Å². The van der Waals surface area contributed by atoms with Crippen molar-refractivity contribution in [1.29, 1.82) is 0 Å². The molecule has 1 aromatic carbocycles. The number of piperidine rings is 1. The van der Waals surface area contributed by atoms with E-state index in [1.165, 1.54) is 0 Å². The predicted octanol–water partition coefficient (Wildman–Crippen LogP) is 3.68. The highest BCUT2D eigenvalue weighted by Gasteiger charge is 2.31. The molecular formula is C18H27NO3. The molecule has 1 N–H and O–H groups in total. The Morgan fingerprint density at radius 2 is 2.14 bits per heavy atom. The molecule has 1 fully saturated rings. The number of nitrogens with zero attached hydrogens (tertiary/aromatic N) is 1. The maximum Gasteiger partial charge on any atom is 0.410 e. The maximum absolute atomic E-state index is 12.2. The van der Waals surface area contributed by atoms with E-state index in [9.17, 15) is 9.90 Å². The minimum atomic E-state index is -0.537. The van der Waals surface area contributed by atoms with Gasteiger partial charge in [0, 0.05) is 19.0 Å². The molecule has 0 unspecified atom stereocenters. The number of hydrogen-bond donors (Lipinski definition) is 1. The number of ether oxygens (including phenoxy) is 1. The molecule has 2 atom stereocenters. The van der Waals surface area contributed by atoms with E-state index in [-0.39, 0.29) is 12.0 Å². The number of rotatable bonds is 2. The maximum atomic E-state index is 12.2. The van der Waals surface area contributed by atoms with E-state index in [0.29, 0.717) is 13.1 Å². The molecule has 0 bridgehead atoms. The van der Waals surface area contributed by atoms with Crippen molar-refractivity contribution in [3.8, 4) is 0 Å². The Morgan fingerprint density at radius 3 is 2.77 bits per heavy atom. The van der Waals surface area contributed by atoms with Gasteiger partial charge in [0.1, 0.15) is 5.60 Å². The number of aryl methyl sites for hydroxylation is 1. The monoisotopic (exact) mass is 305 g/mol. The van der Waals surface area contributed by atoms with Crippen molar-refractivity contribution < 1.29 is 14.6 Å². The quantitative estimate of drug-likeness (QED) is 0.907. The normalized spacial score (nSPS) is 20.6. The lowest BCUT2D eigenvalue weighted by Gasteiger charge is -2.36. The molecule has 1 aliphatic rings. The largest absolute Gasteiger partial charge is 0.444 e. The summed E-state index contributed by atoms with van der Waals surface area (Å²) in [5, 5.41) is 10.6. The standard InChI is InChI=1S/C18H27NO3/c1-13-7-5-8-14(11-13)16(20)15-9-6-10-19(12-15)17(21)22-18(2,3)4/h5,7-8,11,15-16,20H,6,9-10,12H2,1-4H3/t15-,16-/m0/s1. The number of benzene rings is 1. The van der Waals surface area contributed by atoms with Crippen LogP contribution in [0.4, 0.5) is 4.79 Å². The van der Waals surface area contributed by atoms with Crippen molar-refractivity contribution in [1.82, 2.24) is 4.90 Å². The third-order valence-corrected chi connectivity index (χ3v) is 3.94. The molecule has 0 aliphatic carbocycles. The summed E-state index contributed by atoms with van der Waals surface area (Å²) < 4.78 is 5.44. The van der Waals surface area contributed by atoms with Crippen molar-refractivity contribution in [2.45, 2.75) is 52.2 Å². The average Bonchev–Trinajstić information content (AvgIpc) is 2.45. The van der Waals surface area contributed by atoms with E-state index in [4.69, 9.17) is 4.74 Å². The minimum absolute atomic E-state index is 0.0584. The Labute approximate surface area is 133 Å². The fourth-order valence-electron chi connectivity index (χ4n) is 2.89. The van der Waals surface area contributed by atoms with Crippen LogP contribution in [0.2, 0.25) is 0 Å². The summed E-state index contributed by atoms with van der Waals surface area (Å²) in [4.78, 5) is 13.9. The average molecular weight is 305 g/mol. The zero-order valence-corrected chi connectivity index (χ0v) is 14.0.